The monoisotopic (exact) mass is 338 g/mol. The highest BCUT2D eigenvalue weighted by atomic mass is 19.3. The van der Waals surface area contributed by atoms with Gasteiger partial charge in [0.05, 0.1) is 11.0 Å². The van der Waals surface area contributed by atoms with Crippen molar-refractivity contribution in [3.8, 4) is 5.75 Å². The summed E-state index contributed by atoms with van der Waals surface area (Å²) >= 11 is 0. The van der Waals surface area contributed by atoms with Gasteiger partial charge in [0.15, 0.2) is 0 Å². The lowest BCUT2D eigenvalue weighted by Gasteiger charge is -2.13. The summed E-state index contributed by atoms with van der Waals surface area (Å²) in [6.45, 7) is -2.45. The number of hydrogen-bond donors (Lipinski definition) is 2. The minimum Gasteiger partial charge on any atom is -0.435 e. The summed E-state index contributed by atoms with van der Waals surface area (Å²) in [6, 6.07) is 12.0. The molecule has 0 saturated carbocycles. The maximum absolute atomic E-state index is 12.2. The fraction of sp³-hybridized carbons (Fsp3) is 0.250. The second-order valence-electron chi connectivity index (χ2n) is 5.02. The van der Waals surface area contributed by atoms with Crippen LogP contribution in [0.3, 0.4) is 0 Å². The fourth-order valence-electron chi connectivity index (χ4n) is 2.15. The topological polar surface area (TPSA) is 84.6 Å². The van der Waals surface area contributed by atoms with Gasteiger partial charge >= 0.3 is 6.61 Å². The maximum Gasteiger partial charge on any atom is 0.387 e. The molecule has 2 aromatic rings. The molecule has 1 unspecified atom stereocenters. The van der Waals surface area contributed by atoms with Gasteiger partial charge in [-0.3, -0.25) is 10.1 Å². The predicted octanol–water partition coefficient (Wildman–Crippen LogP) is 3.02. The lowest BCUT2D eigenvalue weighted by molar-refractivity contribution is -0.384. The van der Waals surface area contributed by atoms with E-state index in [0.29, 0.717) is 17.7 Å². The van der Waals surface area contributed by atoms with Crippen LogP contribution in [-0.2, 0) is 6.54 Å². The number of benzene rings is 2. The number of hydrogen-bond acceptors (Lipinski definition) is 5. The van der Waals surface area contributed by atoms with Crippen molar-refractivity contribution in [1.82, 2.24) is 5.32 Å². The highest BCUT2D eigenvalue weighted by Gasteiger charge is 2.11. The molecule has 0 aliphatic carbocycles. The van der Waals surface area contributed by atoms with E-state index in [1.54, 1.807) is 18.2 Å². The Bertz CT molecular complexity index is 697. The average molecular weight is 338 g/mol. The zero-order valence-corrected chi connectivity index (χ0v) is 12.6. The van der Waals surface area contributed by atoms with E-state index in [2.05, 4.69) is 10.1 Å². The third kappa shape index (κ3) is 5.25. The molecule has 0 spiro atoms. The van der Waals surface area contributed by atoms with Crippen molar-refractivity contribution < 1.29 is 23.5 Å². The molecule has 24 heavy (non-hydrogen) atoms. The van der Waals surface area contributed by atoms with Gasteiger partial charge in [-0.2, -0.15) is 8.78 Å². The SMILES string of the molecule is O=[N+]([O-])c1cccc(CNCC(O)c2cccc(OC(F)F)c2)c1. The predicted molar refractivity (Wildman–Crippen MR) is 82.8 cm³/mol. The van der Waals surface area contributed by atoms with E-state index >= 15 is 0 Å². The largest absolute Gasteiger partial charge is 0.435 e. The molecule has 6 nitrogen and oxygen atoms in total. The zero-order chi connectivity index (χ0) is 17.5. The Labute approximate surface area is 136 Å². The van der Waals surface area contributed by atoms with Gasteiger partial charge in [-0.15, -0.1) is 0 Å². The molecule has 0 aliphatic rings. The van der Waals surface area contributed by atoms with Gasteiger partial charge in [0.1, 0.15) is 5.75 Å². The number of nitro groups is 1. The summed E-state index contributed by atoms with van der Waals surface area (Å²) < 4.78 is 28.7. The van der Waals surface area contributed by atoms with Gasteiger partial charge in [-0.25, -0.2) is 0 Å². The van der Waals surface area contributed by atoms with Gasteiger partial charge < -0.3 is 15.2 Å². The average Bonchev–Trinajstić information content (AvgIpc) is 2.54. The van der Waals surface area contributed by atoms with Crippen molar-refractivity contribution in [2.24, 2.45) is 0 Å². The molecule has 0 amide bonds. The molecule has 8 heteroatoms. The van der Waals surface area contributed by atoms with Crippen LogP contribution in [0.15, 0.2) is 48.5 Å². The van der Waals surface area contributed by atoms with Crippen LogP contribution >= 0.6 is 0 Å². The smallest absolute Gasteiger partial charge is 0.387 e. The molecular formula is C16H16F2N2O4. The summed E-state index contributed by atoms with van der Waals surface area (Å²) in [4.78, 5) is 10.2. The molecule has 2 aromatic carbocycles. The van der Waals surface area contributed by atoms with E-state index in [1.165, 1.54) is 30.3 Å². The normalized spacial score (nSPS) is 12.2. The minimum atomic E-state index is -2.93. The summed E-state index contributed by atoms with van der Waals surface area (Å²) in [6.07, 6.45) is -0.926. The summed E-state index contributed by atoms with van der Waals surface area (Å²) in [7, 11) is 0. The van der Waals surface area contributed by atoms with Crippen LogP contribution in [0.4, 0.5) is 14.5 Å². The molecule has 128 valence electrons. The van der Waals surface area contributed by atoms with Crippen molar-refractivity contribution in [1.29, 1.82) is 0 Å². The van der Waals surface area contributed by atoms with Gasteiger partial charge in [-0.05, 0) is 23.3 Å². The highest BCUT2D eigenvalue weighted by molar-refractivity contribution is 5.34. The Balaban J connectivity index is 1.90. The lowest BCUT2D eigenvalue weighted by Crippen LogP contribution is -2.21. The number of nitrogens with zero attached hydrogens (tertiary/aromatic N) is 1. The maximum atomic E-state index is 12.2. The van der Waals surface area contributed by atoms with E-state index in [4.69, 9.17) is 0 Å². The van der Waals surface area contributed by atoms with Crippen molar-refractivity contribution in [3.63, 3.8) is 0 Å². The van der Waals surface area contributed by atoms with Crippen LogP contribution in [0.2, 0.25) is 0 Å². The molecule has 0 bridgehead atoms. The van der Waals surface area contributed by atoms with E-state index in [0.717, 1.165) is 0 Å². The van der Waals surface area contributed by atoms with E-state index in [9.17, 15) is 24.0 Å². The summed E-state index contributed by atoms with van der Waals surface area (Å²) in [5.41, 5.74) is 1.12. The first-order chi connectivity index (χ1) is 11.5. The second kappa shape index (κ2) is 8.32. The van der Waals surface area contributed by atoms with Gasteiger partial charge in [0, 0.05) is 25.2 Å². The Kier molecular flexibility index (Phi) is 6.16. The number of nitrogens with one attached hydrogen (secondary N) is 1. The van der Waals surface area contributed by atoms with Crippen LogP contribution in [-0.4, -0.2) is 23.2 Å². The molecule has 0 aromatic heterocycles. The Morgan fingerprint density at radius 3 is 2.67 bits per heavy atom. The molecule has 0 heterocycles. The van der Waals surface area contributed by atoms with Crippen molar-refractivity contribution in [2.75, 3.05) is 6.54 Å². The Morgan fingerprint density at radius 1 is 1.21 bits per heavy atom. The highest BCUT2D eigenvalue weighted by Crippen LogP contribution is 2.20. The fourth-order valence-corrected chi connectivity index (χ4v) is 2.15. The van der Waals surface area contributed by atoms with Crippen LogP contribution in [0, 0.1) is 10.1 Å². The number of halogens is 2. The number of non-ortho nitro benzene ring substituents is 1. The van der Waals surface area contributed by atoms with E-state index < -0.39 is 17.6 Å². The molecule has 2 N–H and O–H groups in total. The van der Waals surface area contributed by atoms with Gasteiger partial charge in [0.25, 0.3) is 5.69 Å². The van der Waals surface area contributed by atoms with Crippen LogP contribution in [0.1, 0.15) is 17.2 Å². The lowest BCUT2D eigenvalue weighted by atomic mass is 10.1. The molecular weight excluding hydrogens is 322 g/mol. The quantitative estimate of drug-likeness (QED) is 0.571. The number of aliphatic hydroxyl groups excluding tert-OH is 1. The molecule has 2 rings (SSSR count). The first-order valence-electron chi connectivity index (χ1n) is 7.12. The number of ether oxygens (including phenoxy) is 1. The minimum absolute atomic E-state index is 0.00769. The van der Waals surface area contributed by atoms with Crippen LogP contribution in [0.25, 0.3) is 0 Å². The molecule has 0 fully saturated rings. The molecule has 0 aliphatic heterocycles. The van der Waals surface area contributed by atoms with Crippen LogP contribution < -0.4 is 10.1 Å². The standard InChI is InChI=1S/C16H16F2N2O4/c17-16(18)24-14-6-2-4-12(8-14)15(21)10-19-9-11-3-1-5-13(7-11)20(22)23/h1-8,15-16,19,21H,9-10H2. The summed E-state index contributed by atoms with van der Waals surface area (Å²) in [5, 5.41) is 23.8. The van der Waals surface area contributed by atoms with Crippen molar-refractivity contribution in [3.05, 3.63) is 69.8 Å². The van der Waals surface area contributed by atoms with Gasteiger partial charge in [-0.1, -0.05) is 24.3 Å². The number of nitro benzene ring substituents is 1. The van der Waals surface area contributed by atoms with Crippen molar-refractivity contribution in [2.45, 2.75) is 19.3 Å². The van der Waals surface area contributed by atoms with E-state index in [-0.39, 0.29) is 18.0 Å². The third-order valence-corrected chi connectivity index (χ3v) is 3.26. The zero-order valence-electron chi connectivity index (χ0n) is 12.6. The first kappa shape index (κ1) is 17.8. The molecule has 1 atom stereocenters. The number of alkyl halides is 2. The van der Waals surface area contributed by atoms with Crippen LogP contribution in [0.5, 0.6) is 5.75 Å². The number of rotatable bonds is 8. The number of aliphatic hydroxyl groups is 1. The third-order valence-electron chi connectivity index (χ3n) is 3.26. The van der Waals surface area contributed by atoms with E-state index in [1.807, 2.05) is 0 Å². The summed E-state index contributed by atoms with van der Waals surface area (Å²) in [5.74, 6) is -0.0276. The first-order valence-corrected chi connectivity index (χ1v) is 7.12. The van der Waals surface area contributed by atoms with Gasteiger partial charge in [0.2, 0.25) is 0 Å². The Hall–Kier alpha value is -2.58. The molecule has 0 radical (unpaired) electrons. The van der Waals surface area contributed by atoms with Crippen molar-refractivity contribution >= 4 is 5.69 Å². The molecule has 0 saturated heterocycles. The Morgan fingerprint density at radius 2 is 1.96 bits per heavy atom. The second-order valence-corrected chi connectivity index (χ2v) is 5.02.